The number of ketones is 1. The van der Waals surface area contributed by atoms with E-state index in [1.54, 1.807) is 32.9 Å². The van der Waals surface area contributed by atoms with Crippen LogP contribution < -0.4 is 5.32 Å². The zero-order chi connectivity index (χ0) is 65.1. The lowest BCUT2D eigenvalue weighted by atomic mass is 9.49. The highest BCUT2D eigenvalue weighted by Crippen LogP contribution is 2.61. The van der Waals surface area contributed by atoms with Crippen LogP contribution in [0.2, 0.25) is 0 Å². The van der Waals surface area contributed by atoms with Crippen LogP contribution >= 0.6 is 0 Å². The van der Waals surface area contributed by atoms with Crippen LogP contribution in [0.4, 0.5) is 4.79 Å². The predicted octanol–water partition coefficient (Wildman–Crippen LogP) is 6.04. The van der Waals surface area contributed by atoms with E-state index in [0.29, 0.717) is 50.2 Å². The second-order valence-electron chi connectivity index (χ2n) is 27.1. The first-order chi connectivity index (χ1) is 42.6. The summed E-state index contributed by atoms with van der Waals surface area (Å²) in [4.78, 5) is 67.8. The molecule has 0 aromatic rings. The highest BCUT2D eigenvalue weighted by atomic mass is 16.8. The van der Waals surface area contributed by atoms with E-state index in [1.807, 2.05) is 45.9 Å². The molecular formula is C65H91N2O23-. The van der Waals surface area contributed by atoms with Gasteiger partial charge in [0.2, 0.25) is 12.1 Å². The SMILES string of the molecule is COC(=O)NC1C(C)OC(OC2CC=C(C)C3C=CC4C(OC5CC(OC6CCC(OC7CC(O)C(OC8CCC(O)C(C)O8)C(C)O7)C(C)O6)C=C(C=O)O5)C(C)CC(C)C4C3(C)C(O)=C3C(=O)OC4(CC(C=O)=CC(O)C4C=C2C)C3=O)CC1(C)N([O-])O. The first kappa shape index (κ1) is 68.1. The Labute approximate surface area is 524 Å². The lowest BCUT2D eigenvalue weighted by molar-refractivity contribution is -0.321. The van der Waals surface area contributed by atoms with Crippen LogP contribution in [0.15, 0.2) is 70.3 Å². The molecular weight excluding hydrogens is 1180 g/mol. The number of carbonyl (C=O) groups excluding carboxylic acids is 5. The zero-order valence-corrected chi connectivity index (χ0v) is 53.1. The van der Waals surface area contributed by atoms with E-state index in [2.05, 4.69) is 19.2 Å². The fraction of sp³-hybridized carbons (Fsp3) is 0.738. The molecule has 90 heavy (non-hydrogen) atoms. The number of hydrogen-bond donors (Lipinski definition) is 6. The molecule has 2 bridgehead atoms. The number of hydroxylamine groups is 2. The molecule has 10 rings (SSSR count). The van der Waals surface area contributed by atoms with Gasteiger partial charge in [-0.1, -0.05) is 50.6 Å². The molecule has 6 fully saturated rings. The van der Waals surface area contributed by atoms with Gasteiger partial charge in [0.15, 0.2) is 42.8 Å². The molecule has 10 aliphatic rings. The number of aliphatic hydroxyl groups is 4. The summed E-state index contributed by atoms with van der Waals surface area (Å²) < 4.78 is 74.7. The Morgan fingerprint density at radius 3 is 2.11 bits per heavy atom. The molecule has 4 aliphatic carbocycles. The first-order valence-corrected chi connectivity index (χ1v) is 31.8. The Bertz CT molecular complexity index is 2860. The van der Waals surface area contributed by atoms with Gasteiger partial charge in [0, 0.05) is 55.8 Å². The molecule has 27 atom stereocenters. The van der Waals surface area contributed by atoms with Gasteiger partial charge in [-0.3, -0.25) is 19.6 Å². The number of aliphatic hydroxyl groups excluding tert-OH is 4. The average molecular weight is 1270 g/mol. The number of fused-ring (bicyclic) bond motifs is 4. The Morgan fingerprint density at radius 1 is 0.744 bits per heavy atom. The minimum Gasteiger partial charge on any atom is -0.762 e. The quantitative estimate of drug-likeness (QED) is 0.0380. The summed E-state index contributed by atoms with van der Waals surface area (Å²) in [5, 5.41) is 72.2. The number of nitrogens with one attached hydrogen (secondary N) is 1. The van der Waals surface area contributed by atoms with Crippen molar-refractivity contribution in [3.63, 3.8) is 0 Å². The summed E-state index contributed by atoms with van der Waals surface area (Å²) in [6, 6.07) is -1.06. The van der Waals surface area contributed by atoms with Gasteiger partial charge in [-0.25, -0.2) is 9.59 Å². The average Bonchev–Trinajstić information content (AvgIpc) is 1.73. The number of amides is 1. The van der Waals surface area contributed by atoms with Gasteiger partial charge < -0.3 is 93.0 Å². The van der Waals surface area contributed by atoms with E-state index >= 15 is 4.79 Å². The molecule has 0 aromatic carbocycles. The molecule has 6 heterocycles. The second-order valence-corrected chi connectivity index (χ2v) is 27.1. The van der Waals surface area contributed by atoms with E-state index < -0.39 is 187 Å². The smallest absolute Gasteiger partial charge is 0.407 e. The van der Waals surface area contributed by atoms with Crippen LogP contribution in [-0.2, 0) is 76.0 Å². The maximum absolute atomic E-state index is 15.5. The topological polar surface area (TPSA) is 336 Å². The van der Waals surface area contributed by atoms with E-state index in [0.717, 1.165) is 12.7 Å². The van der Waals surface area contributed by atoms with Crippen LogP contribution in [0.5, 0.6) is 0 Å². The third-order valence-electron chi connectivity index (χ3n) is 21.0. The number of rotatable bonds is 14. The van der Waals surface area contributed by atoms with Crippen molar-refractivity contribution < 1.29 is 106 Å². The zero-order valence-electron chi connectivity index (χ0n) is 53.1. The molecule has 0 radical (unpaired) electrons. The monoisotopic (exact) mass is 1270 g/mol. The lowest BCUT2D eigenvalue weighted by Crippen LogP contribution is -2.67. The van der Waals surface area contributed by atoms with Crippen molar-refractivity contribution in [2.45, 2.75) is 255 Å². The maximum atomic E-state index is 15.5. The van der Waals surface area contributed by atoms with Gasteiger partial charge in [-0.2, -0.15) is 0 Å². The number of allylic oxidation sites excluding steroid dienone is 4. The summed E-state index contributed by atoms with van der Waals surface area (Å²) in [6.07, 6.45) is 0.112. The second kappa shape index (κ2) is 27.3. The molecule has 1 amide bonds. The Morgan fingerprint density at radius 2 is 1.43 bits per heavy atom. The Balaban J connectivity index is 0.885. The fourth-order valence-corrected chi connectivity index (χ4v) is 16.3. The number of Topliss-reactive ketones (excluding diaryl/α,β-unsaturated/α-hetero) is 1. The largest absolute Gasteiger partial charge is 0.762 e. The number of hydrogen-bond acceptors (Lipinski definition) is 24. The molecule has 6 aliphatic heterocycles. The predicted molar refractivity (Wildman–Crippen MR) is 314 cm³/mol. The number of nitrogens with zero attached hydrogens (tertiary/aromatic N) is 1. The standard InChI is InChI=1S/C65H91N2O23/c1-30-12-16-47(86-53-27-63(9,67(77)78)58(37(8)83-53)66-62(76)79-11)31(2)21-43-45(71)22-38(28-68)26-65(43)60(74)54(61(75)90-65)59(73)64(10)42(30)14-13-41-55(64)32(3)20-33(4)56(41)89-51-24-39(23-40(29-69)85-51)84-49-19-17-48(35(6)81-49)87-52-25-46(72)57(36(7)82-52)88-50-18-15-44(70)34(5)80-50/h12-14,21-23,28-29,32-37,39,41-53,55-58,70-73,77H,15-20,24-27H2,1-11H3,(H,66,76)/q-1. The van der Waals surface area contributed by atoms with Crippen molar-refractivity contribution in [2.24, 2.45) is 40.9 Å². The van der Waals surface area contributed by atoms with Crippen LogP contribution in [0.25, 0.3) is 0 Å². The number of aldehydes is 2. The van der Waals surface area contributed by atoms with Gasteiger partial charge in [0.05, 0.1) is 91.8 Å². The van der Waals surface area contributed by atoms with Crippen molar-refractivity contribution in [3.05, 3.63) is 75.5 Å². The van der Waals surface area contributed by atoms with Crippen molar-refractivity contribution in [1.82, 2.24) is 10.5 Å². The number of ether oxygens (including phenoxy) is 12. The molecule has 6 N–H and O–H groups in total. The molecule has 1 saturated carbocycles. The molecule has 500 valence electrons. The van der Waals surface area contributed by atoms with Crippen molar-refractivity contribution in [3.8, 4) is 0 Å². The summed E-state index contributed by atoms with van der Waals surface area (Å²) in [6.45, 7) is 18.0. The molecule has 27 unspecified atom stereocenters. The van der Waals surface area contributed by atoms with Gasteiger partial charge in [0.25, 0.3) is 0 Å². The Hall–Kier alpha value is -4.81. The first-order valence-electron chi connectivity index (χ1n) is 31.8. The van der Waals surface area contributed by atoms with Crippen LogP contribution in [-0.4, -0.2) is 190 Å². The van der Waals surface area contributed by atoms with Crippen molar-refractivity contribution >= 4 is 30.4 Å². The highest BCUT2D eigenvalue weighted by Gasteiger charge is 2.65. The van der Waals surface area contributed by atoms with Gasteiger partial charge in [-0.15, -0.1) is 0 Å². The van der Waals surface area contributed by atoms with Crippen LogP contribution in [0, 0.1) is 46.1 Å². The number of alkyl carbamates (subject to hydrolysis) is 1. The molecule has 0 aromatic heterocycles. The third kappa shape index (κ3) is 13.2. The van der Waals surface area contributed by atoms with E-state index in [1.165, 1.54) is 13.0 Å². The Kier molecular flexibility index (Phi) is 20.6. The minimum atomic E-state index is -2.19. The number of esters is 1. The summed E-state index contributed by atoms with van der Waals surface area (Å²) >= 11 is 0. The summed E-state index contributed by atoms with van der Waals surface area (Å²) in [5.41, 5.74) is -4.75. The molecule has 5 saturated heterocycles. The fourth-order valence-electron chi connectivity index (χ4n) is 16.3. The lowest BCUT2D eigenvalue weighted by Gasteiger charge is -2.56. The third-order valence-corrected chi connectivity index (χ3v) is 21.0. The highest BCUT2D eigenvalue weighted by molar-refractivity contribution is 6.26. The summed E-state index contributed by atoms with van der Waals surface area (Å²) in [5.74, 6) is -5.90. The van der Waals surface area contributed by atoms with Crippen LogP contribution in [0.1, 0.15) is 133 Å². The van der Waals surface area contributed by atoms with E-state index in [-0.39, 0.29) is 54.1 Å². The van der Waals surface area contributed by atoms with Gasteiger partial charge >= 0.3 is 12.1 Å². The summed E-state index contributed by atoms with van der Waals surface area (Å²) in [7, 11) is 1.16. The minimum absolute atomic E-state index is 0.00267. The molecule has 25 nitrogen and oxygen atoms in total. The van der Waals surface area contributed by atoms with E-state index in [9.17, 15) is 50.0 Å². The maximum Gasteiger partial charge on any atom is 0.407 e. The molecule has 1 spiro atoms. The normalized spacial score (nSPS) is 45.7. The van der Waals surface area contributed by atoms with Crippen LogP contribution in [0.3, 0.4) is 0 Å². The number of carbonyl (C=O) groups is 5. The van der Waals surface area contributed by atoms with E-state index in [4.69, 9.17) is 56.8 Å². The van der Waals surface area contributed by atoms with Gasteiger partial charge in [-0.05, 0) is 115 Å². The number of methoxy groups -OCH3 is 1. The van der Waals surface area contributed by atoms with Crippen molar-refractivity contribution in [1.29, 1.82) is 0 Å². The van der Waals surface area contributed by atoms with Gasteiger partial charge in [0.1, 0.15) is 23.7 Å². The van der Waals surface area contributed by atoms with Crippen molar-refractivity contribution in [2.75, 3.05) is 7.11 Å². The molecule has 25 heteroatoms.